The van der Waals surface area contributed by atoms with Crippen molar-refractivity contribution in [2.24, 2.45) is 5.73 Å². The lowest BCUT2D eigenvalue weighted by Gasteiger charge is -2.22. The monoisotopic (exact) mass is 424 g/mol. The highest BCUT2D eigenvalue weighted by Gasteiger charge is 2.40. The third kappa shape index (κ3) is 5.02. The average molecular weight is 425 g/mol. The van der Waals surface area contributed by atoms with Crippen molar-refractivity contribution in [3.05, 3.63) is 28.7 Å². The molecule has 1 atom stereocenters. The summed E-state index contributed by atoms with van der Waals surface area (Å²) < 4.78 is 10.9. The summed E-state index contributed by atoms with van der Waals surface area (Å²) in [7, 11) is 1.51. The van der Waals surface area contributed by atoms with Crippen LogP contribution in [0.1, 0.15) is 25.3 Å². The molecule has 1 aliphatic rings. The van der Waals surface area contributed by atoms with Gasteiger partial charge in [-0.3, -0.25) is 14.5 Å². The third-order valence-electron chi connectivity index (χ3n) is 3.87. The van der Waals surface area contributed by atoms with Crippen molar-refractivity contribution in [3.63, 3.8) is 0 Å². The standard InChI is InChI=1S/C18H20N2O6S2/c1-3-26-12-6-4-10(8-13(12)25-2)9-14-16(22)20(18(27)28-14)11(17(23)24)5-7-15(19)21/h4,6,8-9,11H,3,5,7H2,1-2H3,(H2,19,21)(H,23,24)/b14-9-. The number of ether oxygens (including phenoxy) is 2. The zero-order valence-electron chi connectivity index (χ0n) is 15.3. The summed E-state index contributed by atoms with van der Waals surface area (Å²) in [5.74, 6) is -1.34. The van der Waals surface area contributed by atoms with Crippen molar-refractivity contribution in [1.82, 2.24) is 4.90 Å². The molecule has 2 amide bonds. The second-order valence-corrected chi connectivity index (χ2v) is 7.43. The Morgan fingerprint density at radius 2 is 2.11 bits per heavy atom. The number of rotatable bonds is 9. The van der Waals surface area contributed by atoms with Gasteiger partial charge in [0.2, 0.25) is 5.91 Å². The maximum atomic E-state index is 12.7. The zero-order chi connectivity index (χ0) is 20.8. The number of aliphatic carboxylic acids is 1. The molecule has 0 spiro atoms. The first-order chi connectivity index (χ1) is 13.3. The van der Waals surface area contributed by atoms with Gasteiger partial charge < -0.3 is 20.3 Å². The highest BCUT2D eigenvalue weighted by atomic mass is 32.2. The number of carboxylic acids is 1. The highest BCUT2D eigenvalue weighted by molar-refractivity contribution is 8.26. The van der Waals surface area contributed by atoms with E-state index in [1.54, 1.807) is 24.3 Å². The number of nitrogens with two attached hydrogens (primary N) is 1. The SMILES string of the molecule is CCOc1ccc(/C=C2\SC(=S)N(C(CCC(N)=O)C(=O)O)C2=O)cc1OC. The Morgan fingerprint density at radius 3 is 2.68 bits per heavy atom. The van der Waals surface area contributed by atoms with E-state index >= 15 is 0 Å². The minimum atomic E-state index is -1.25. The molecular formula is C18H20N2O6S2. The number of carbonyl (C=O) groups excluding carboxylic acids is 2. The molecule has 0 bridgehead atoms. The maximum absolute atomic E-state index is 12.7. The summed E-state index contributed by atoms with van der Waals surface area (Å²) in [5.41, 5.74) is 5.76. The molecule has 1 unspecified atom stereocenters. The van der Waals surface area contributed by atoms with Crippen LogP contribution in [-0.2, 0) is 14.4 Å². The van der Waals surface area contributed by atoms with Crippen LogP contribution in [0.15, 0.2) is 23.1 Å². The largest absolute Gasteiger partial charge is 0.493 e. The number of nitrogens with zero attached hydrogens (tertiary/aromatic N) is 1. The molecule has 0 saturated carbocycles. The van der Waals surface area contributed by atoms with Gasteiger partial charge in [-0.15, -0.1) is 0 Å². The molecule has 1 aromatic carbocycles. The van der Waals surface area contributed by atoms with Crippen LogP contribution in [0.3, 0.4) is 0 Å². The van der Waals surface area contributed by atoms with E-state index in [4.69, 9.17) is 27.4 Å². The van der Waals surface area contributed by atoms with Gasteiger partial charge in [0.25, 0.3) is 5.91 Å². The fourth-order valence-electron chi connectivity index (χ4n) is 2.59. The van der Waals surface area contributed by atoms with E-state index < -0.39 is 23.8 Å². The molecule has 28 heavy (non-hydrogen) atoms. The van der Waals surface area contributed by atoms with Gasteiger partial charge >= 0.3 is 5.97 Å². The van der Waals surface area contributed by atoms with Gasteiger partial charge in [0.15, 0.2) is 11.5 Å². The van der Waals surface area contributed by atoms with Crippen LogP contribution < -0.4 is 15.2 Å². The third-order valence-corrected chi connectivity index (χ3v) is 5.20. The summed E-state index contributed by atoms with van der Waals surface area (Å²) in [5, 5.41) is 9.44. The second-order valence-electron chi connectivity index (χ2n) is 5.75. The smallest absolute Gasteiger partial charge is 0.326 e. The van der Waals surface area contributed by atoms with E-state index in [-0.39, 0.29) is 22.1 Å². The first kappa shape index (κ1) is 21.7. The predicted molar refractivity (Wildman–Crippen MR) is 109 cm³/mol. The van der Waals surface area contributed by atoms with Crippen molar-refractivity contribution in [3.8, 4) is 11.5 Å². The quantitative estimate of drug-likeness (QED) is 0.456. The molecule has 0 radical (unpaired) electrons. The molecule has 1 saturated heterocycles. The molecule has 1 fully saturated rings. The van der Waals surface area contributed by atoms with Crippen LogP contribution in [0, 0.1) is 0 Å². The number of thioether (sulfide) groups is 1. The number of amides is 2. The van der Waals surface area contributed by atoms with Crippen molar-refractivity contribution in [2.75, 3.05) is 13.7 Å². The fraction of sp³-hybridized carbons (Fsp3) is 0.333. The van der Waals surface area contributed by atoms with Crippen LogP contribution in [0.2, 0.25) is 0 Å². The van der Waals surface area contributed by atoms with Crippen molar-refractivity contribution in [2.45, 2.75) is 25.8 Å². The van der Waals surface area contributed by atoms with Crippen molar-refractivity contribution >= 4 is 52.2 Å². The minimum absolute atomic E-state index is 0.110. The number of hydrogen-bond donors (Lipinski definition) is 2. The Kier molecular flexibility index (Phi) is 7.41. The number of benzene rings is 1. The predicted octanol–water partition coefficient (Wildman–Crippen LogP) is 2.01. The maximum Gasteiger partial charge on any atom is 0.326 e. The lowest BCUT2D eigenvalue weighted by Crippen LogP contribution is -2.44. The van der Waals surface area contributed by atoms with E-state index in [0.29, 0.717) is 23.7 Å². The molecule has 1 aromatic rings. The molecule has 3 N–H and O–H groups in total. The molecule has 8 nitrogen and oxygen atoms in total. The number of hydrogen-bond acceptors (Lipinski definition) is 7. The summed E-state index contributed by atoms with van der Waals surface area (Å²) in [6.07, 6.45) is 1.33. The Labute approximate surface area is 171 Å². The molecule has 1 heterocycles. The number of carboxylic acid groups (broad SMARTS) is 1. The van der Waals surface area contributed by atoms with Crippen LogP contribution in [0.25, 0.3) is 6.08 Å². The van der Waals surface area contributed by atoms with Crippen molar-refractivity contribution in [1.29, 1.82) is 0 Å². The molecule has 10 heteroatoms. The Hall–Kier alpha value is -2.59. The fourth-order valence-corrected chi connectivity index (χ4v) is 3.95. The highest BCUT2D eigenvalue weighted by Crippen LogP contribution is 2.36. The van der Waals surface area contributed by atoms with Gasteiger partial charge in [-0.05, 0) is 37.1 Å². The summed E-state index contributed by atoms with van der Waals surface area (Å²) in [4.78, 5) is 36.6. The van der Waals surface area contributed by atoms with Gasteiger partial charge in [0, 0.05) is 6.42 Å². The Bertz CT molecular complexity index is 839. The number of methoxy groups -OCH3 is 1. The lowest BCUT2D eigenvalue weighted by atomic mass is 10.1. The molecule has 1 aliphatic heterocycles. The van der Waals surface area contributed by atoms with Gasteiger partial charge in [-0.25, -0.2) is 4.79 Å². The second kappa shape index (κ2) is 9.56. The van der Waals surface area contributed by atoms with Crippen LogP contribution >= 0.6 is 24.0 Å². The topological polar surface area (TPSA) is 119 Å². The van der Waals surface area contributed by atoms with Gasteiger partial charge in [-0.2, -0.15) is 0 Å². The van der Waals surface area contributed by atoms with Gasteiger partial charge in [-0.1, -0.05) is 30.0 Å². The molecule has 0 aliphatic carbocycles. The first-order valence-electron chi connectivity index (χ1n) is 8.37. The molecule has 0 aromatic heterocycles. The van der Waals surface area contributed by atoms with Gasteiger partial charge in [0.1, 0.15) is 10.4 Å². The van der Waals surface area contributed by atoms with E-state index in [0.717, 1.165) is 16.7 Å². The molecular weight excluding hydrogens is 404 g/mol. The number of thiocarbonyl (C=S) groups is 1. The Balaban J connectivity index is 2.28. The lowest BCUT2D eigenvalue weighted by molar-refractivity contribution is -0.145. The average Bonchev–Trinajstić information content (AvgIpc) is 2.90. The number of primary amides is 1. The van der Waals surface area contributed by atoms with E-state index in [1.807, 2.05) is 6.92 Å². The van der Waals surface area contributed by atoms with Crippen LogP contribution in [-0.4, -0.2) is 51.9 Å². The van der Waals surface area contributed by atoms with Crippen LogP contribution in [0.4, 0.5) is 0 Å². The van der Waals surface area contributed by atoms with E-state index in [1.165, 1.54) is 7.11 Å². The first-order valence-corrected chi connectivity index (χ1v) is 9.60. The van der Waals surface area contributed by atoms with E-state index in [9.17, 15) is 19.5 Å². The summed E-state index contributed by atoms with van der Waals surface area (Å²) in [6, 6.07) is 3.93. The summed E-state index contributed by atoms with van der Waals surface area (Å²) >= 11 is 6.19. The number of carbonyl (C=O) groups is 3. The van der Waals surface area contributed by atoms with Crippen molar-refractivity contribution < 1.29 is 29.0 Å². The van der Waals surface area contributed by atoms with E-state index in [2.05, 4.69) is 0 Å². The summed E-state index contributed by atoms with van der Waals surface area (Å²) in [6.45, 7) is 2.34. The normalized spacial score (nSPS) is 16.4. The molecule has 2 rings (SSSR count). The zero-order valence-corrected chi connectivity index (χ0v) is 17.0. The Morgan fingerprint density at radius 1 is 1.39 bits per heavy atom. The van der Waals surface area contributed by atoms with Crippen LogP contribution in [0.5, 0.6) is 11.5 Å². The molecule has 150 valence electrons. The minimum Gasteiger partial charge on any atom is -0.493 e. The van der Waals surface area contributed by atoms with Gasteiger partial charge in [0.05, 0.1) is 18.6 Å².